The van der Waals surface area contributed by atoms with Gasteiger partial charge in [0.05, 0.1) is 30.7 Å². The number of nitrogens with zero attached hydrogens (tertiary/aromatic N) is 4. The fraction of sp³-hybridized carbons (Fsp3) is 0.0714. The minimum Gasteiger partial charge on any atom is -0.497 e. The number of rotatable bonds is 6. The molecule has 0 aliphatic rings. The van der Waals surface area contributed by atoms with E-state index in [-0.39, 0.29) is 5.56 Å². The fourth-order valence-electron chi connectivity index (χ4n) is 4.41. The van der Waals surface area contributed by atoms with Crippen LogP contribution in [0.15, 0.2) is 83.9 Å². The van der Waals surface area contributed by atoms with Gasteiger partial charge in [-0.15, -0.1) is 0 Å². The second-order valence-corrected chi connectivity index (χ2v) is 8.90. The summed E-state index contributed by atoms with van der Waals surface area (Å²) in [6.07, 6.45) is 3.25. The average molecular weight is 525 g/mol. The van der Waals surface area contributed by atoms with Crippen LogP contribution in [0.2, 0.25) is 5.02 Å². The van der Waals surface area contributed by atoms with Crippen molar-refractivity contribution < 1.29 is 9.47 Å². The molecule has 6 rings (SSSR count). The molecule has 0 unspecified atom stereocenters. The van der Waals surface area contributed by atoms with Crippen LogP contribution in [0, 0.1) is 0 Å². The van der Waals surface area contributed by atoms with Gasteiger partial charge in [-0.3, -0.25) is 14.5 Å². The highest BCUT2D eigenvalue weighted by Crippen LogP contribution is 2.34. The van der Waals surface area contributed by atoms with Gasteiger partial charge in [0.1, 0.15) is 17.0 Å². The highest BCUT2D eigenvalue weighted by molar-refractivity contribution is 6.31. The van der Waals surface area contributed by atoms with E-state index in [1.165, 1.54) is 0 Å². The summed E-state index contributed by atoms with van der Waals surface area (Å²) in [7, 11) is 3.22. The van der Waals surface area contributed by atoms with Crippen molar-refractivity contribution >= 4 is 45.2 Å². The van der Waals surface area contributed by atoms with E-state index in [4.69, 9.17) is 26.1 Å². The van der Waals surface area contributed by atoms with Crippen molar-refractivity contribution in [2.24, 2.45) is 0 Å². The van der Waals surface area contributed by atoms with E-state index in [1.54, 1.807) is 37.2 Å². The number of methoxy groups -OCH3 is 2. The number of halogens is 1. The number of nitrogens with one attached hydrogen (secondary N) is 2. The van der Waals surface area contributed by atoms with Crippen LogP contribution in [0.25, 0.3) is 38.8 Å². The zero-order valence-electron chi connectivity index (χ0n) is 20.4. The van der Waals surface area contributed by atoms with E-state index in [0.29, 0.717) is 44.3 Å². The standard InChI is InChI=1S/C28H21ClN6O3/c1-37-20-9-7-18(8-10-20)32-28-30-14-22-25-23(15-31-34-25)27(36)35(26(22)33-28)19-5-3-4-16(12-19)21-13-17(29)6-11-24(21)38-2/h3-15H,1-2H3,(H,31,34)(H,30,32,33). The lowest BCUT2D eigenvalue weighted by atomic mass is 10.0. The molecule has 0 aliphatic carbocycles. The molecular weight excluding hydrogens is 504 g/mol. The predicted molar refractivity (Wildman–Crippen MR) is 148 cm³/mol. The van der Waals surface area contributed by atoms with Crippen molar-refractivity contribution in [1.82, 2.24) is 24.7 Å². The van der Waals surface area contributed by atoms with Gasteiger partial charge >= 0.3 is 0 Å². The van der Waals surface area contributed by atoms with Gasteiger partial charge in [0, 0.05) is 28.7 Å². The first-order valence-corrected chi connectivity index (χ1v) is 12.0. The van der Waals surface area contributed by atoms with E-state index >= 15 is 0 Å². The first-order valence-electron chi connectivity index (χ1n) is 11.7. The average Bonchev–Trinajstić information content (AvgIpc) is 3.44. The second-order valence-electron chi connectivity index (χ2n) is 8.47. The maximum Gasteiger partial charge on any atom is 0.267 e. The maximum atomic E-state index is 13.7. The predicted octanol–water partition coefficient (Wildman–Crippen LogP) is 5.74. The third-order valence-electron chi connectivity index (χ3n) is 6.23. The fourth-order valence-corrected chi connectivity index (χ4v) is 4.58. The van der Waals surface area contributed by atoms with Crippen molar-refractivity contribution in [3.8, 4) is 28.3 Å². The molecule has 0 fully saturated rings. The zero-order valence-corrected chi connectivity index (χ0v) is 21.2. The zero-order chi connectivity index (χ0) is 26.2. The summed E-state index contributed by atoms with van der Waals surface area (Å²) in [6, 6.07) is 20.4. The van der Waals surface area contributed by atoms with Gasteiger partial charge < -0.3 is 14.8 Å². The molecule has 3 aromatic heterocycles. The van der Waals surface area contributed by atoms with Crippen LogP contribution in [-0.4, -0.2) is 39.0 Å². The summed E-state index contributed by atoms with van der Waals surface area (Å²) in [6.45, 7) is 0. The Morgan fingerprint density at radius 1 is 0.974 bits per heavy atom. The lowest BCUT2D eigenvalue weighted by Gasteiger charge is -2.14. The molecule has 0 atom stereocenters. The number of pyridine rings is 1. The van der Waals surface area contributed by atoms with Gasteiger partial charge in [-0.25, -0.2) is 4.98 Å². The molecule has 10 heteroatoms. The Balaban J connectivity index is 1.54. The quantitative estimate of drug-likeness (QED) is 0.286. The molecule has 0 aliphatic heterocycles. The molecule has 0 radical (unpaired) electrons. The summed E-state index contributed by atoms with van der Waals surface area (Å²) in [5, 5.41) is 11.9. The summed E-state index contributed by atoms with van der Waals surface area (Å²) >= 11 is 6.29. The number of aromatic nitrogens is 5. The number of benzene rings is 3. The number of anilines is 2. The number of hydrogen-bond donors (Lipinski definition) is 2. The Morgan fingerprint density at radius 2 is 1.82 bits per heavy atom. The van der Waals surface area contributed by atoms with Crippen LogP contribution in [0.3, 0.4) is 0 Å². The van der Waals surface area contributed by atoms with Crippen LogP contribution < -0.4 is 20.3 Å². The maximum absolute atomic E-state index is 13.7. The van der Waals surface area contributed by atoms with E-state index in [0.717, 1.165) is 22.6 Å². The first-order chi connectivity index (χ1) is 18.6. The normalized spacial score (nSPS) is 11.1. The molecule has 3 aromatic carbocycles. The molecule has 0 saturated heterocycles. The third-order valence-corrected chi connectivity index (χ3v) is 6.47. The lowest BCUT2D eigenvalue weighted by molar-refractivity contribution is 0.415. The van der Waals surface area contributed by atoms with Gasteiger partial charge in [-0.05, 0) is 60.2 Å². The van der Waals surface area contributed by atoms with E-state index in [2.05, 4.69) is 20.5 Å². The molecule has 0 saturated carbocycles. The van der Waals surface area contributed by atoms with Crippen LogP contribution in [0.1, 0.15) is 0 Å². The lowest BCUT2D eigenvalue weighted by Crippen LogP contribution is -2.20. The molecule has 6 aromatic rings. The van der Waals surface area contributed by atoms with Gasteiger partial charge in [0.25, 0.3) is 5.56 Å². The minimum atomic E-state index is -0.259. The SMILES string of the molecule is COc1ccc(Nc2ncc3c4n[nH]cc4c(=O)n(-c4cccc(-c5cc(Cl)ccc5OC)c4)c3n2)cc1. The summed E-state index contributed by atoms with van der Waals surface area (Å²) in [5.74, 6) is 1.74. The highest BCUT2D eigenvalue weighted by atomic mass is 35.5. The Hall–Kier alpha value is -4.89. The molecule has 0 amide bonds. The topological polar surface area (TPSA) is 107 Å². The molecule has 2 N–H and O–H groups in total. The number of fused-ring (bicyclic) bond motifs is 3. The third kappa shape index (κ3) is 4.08. The van der Waals surface area contributed by atoms with Gasteiger partial charge in [-0.1, -0.05) is 23.7 Å². The molecule has 3 heterocycles. The summed E-state index contributed by atoms with van der Waals surface area (Å²) < 4.78 is 12.3. The molecule has 0 bridgehead atoms. The Morgan fingerprint density at radius 3 is 2.61 bits per heavy atom. The van der Waals surface area contributed by atoms with Gasteiger partial charge in [0.15, 0.2) is 5.65 Å². The highest BCUT2D eigenvalue weighted by Gasteiger charge is 2.18. The van der Waals surface area contributed by atoms with Gasteiger partial charge in [-0.2, -0.15) is 10.1 Å². The Kier molecular flexibility index (Phi) is 5.89. The molecule has 9 nitrogen and oxygen atoms in total. The second kappa shape index (κ2) is 9.53. The van der Waals surface area contributed by atoms with Crippen molar-refractivity contribution in [3.63, 3.8) is 0 Å². The number of H-pyrrole nitrogens is 1. The number of aromatic amines is 1. The smallest absolute Gasteiger partial charge is 0.267 e. The van der Waals surface area contributed by atoms with Crippen molar-refractivity contribution in [2.45, 2.75) is 0 Å². The number of hydrogen-bond acceptors (Lipinski definition) is 7. The van der Waals surface area contributed by atoms with E-state index < -0.39 is 0 Å². The van der Waals surface area contributed by atoms with E-state index in [1.807, 2.05) is 60.7 Å². The summed E-state index contributed by atoms with van der Waals surface area (Å²) in [5.41, 5.74) is 3.69. The minimum absolute atomic E-state index is 0.259. The Labute approximate surface area is 221 Å². The van der Waals surface area contributed by atoms with Crippen LogP contribution in [0.4, 0.5) is 11.6 Å². The van der Waals surface area contributed by atoms with Crippen molar-refractivity contribution in [1.29, 1.82) is 0 Å². The van der Waals surface area contributed by atoms with Crippen molar-refractivity contribution in [3.05, 3.63) is 94.5 Å². The first kappa shape index (κ1) is 23.5. The number of ether oxygens (including phenoxy) is 2. The summed E-state index contributed by atoms with van der Waals surface area (Å²) in [4.78, 5) is 23.0. The van der Waals surface area contributed by atoms with Crippen LogP contribution >= 0.6 is 11.6 Å². The largest absolute Gasteiger partial charge is 0.497 e. The molecule has 38 heavy (non-hydrogen) atoms. The van der Waals surface area contributed by atoms with E-state index in [9.17, 15) is 4.79 Å². The van der Waals surface area contributed by atoms with Crippen LogP contribution in [0.5, 0.6) is 11.5 Å². The monoisotopic (exact) mass is 524 g/mol. The Bertz CT molecular complexity index is 1860. The van der Waals surface area contributed by atoms with Gasteiger partial charge in [0.2, 0.25) is 5.95 Å². The van der Waals surface area contributed by atoms with Crippen LogP contribution in [-0.2, 0) is 0 Å². The van der Waals surface area contributed by atoms with Crippen molar-refractivity contribution in [2.75, 3.05) is 19.5 Å². The molecule has 0 spiro atoms. The molecular formula is C28H21ClN6O3. The molecule has 188 valence electrons.